The largest absolute Gasteiger partial charge is 0.508 e. The van der Waals surface area contributed by atoms with Gasteiger partial charge >= 0.3 is 5.97 Å². The van der Waals surface area contributed by atoms with E-state index in [2.05, 4.69) is 0 Å². The first-order valence-electron chi connectivity index (χ1n) is 6.03. The number of phenolic OH excluding ortho intramolecular Hbond substituents is 1. The van der Waals surface area contributed by atoms with Crippen molar-refractivity contribution < 1.29 is 15.0 Å². The molecule has 0 aliphatic heterocycles. The molecular weight excluding hydrogens is 278 g/mol. The second-order valence-corrected chi connectivity index (χ2v) is 4.92. The van der Waals surface area contributed by atoms with Gasteiger partial charge in [-0.3, -0.25) is 4.79 Å². The maximum atomic E-state index is 10.8. The molecule has 0 aliphatic rings. The molecule has 0 fully saturated rings. The van der Waals surface area contributed by atoms with Crippen LogP contribution in [0.15, 0.2) is 42.5 Å². The summed E-state index contributed by atoms with van der Waals surface area (Å²) < 4.78 is 0. The second-order valence-electron chi connectivity index (χ2n) is 4.51. The maximum absolute atomic E-state index is 10.8. The van der Waals surface area contributed by atoms with Gasteiger partial charge in [-0.15, -0.1) is 0 Å². The van der Waals surface area contributed by atoms with E-state index in [1.54, 1.807) is 36.4 Å². The quantitative estimate of drug-likeness (QED) is 0.808. The predicted molar refractivity (Wildman–Crippen MR) is 77.9 cm³/mol. The van der Waals surface area contributed by atoms with Crippen molar-refractivity contribution in [2.45, 2.75) is 12.5 Å². The van der Waals surface area contributed by atoms with E-state index in [0.717, 1.165) is 16.7 Å². The Morgan fingerprint density at radius 3 is 2.45 bits per heavy atom. The van der Waals surface area contributed by atoms with Gasteiger partial charge in [-0.2, -0.15) is 0 Å². The smallest absolute Gasteiger partial charge is 0.320 e. The van der Waals surface area contributed by atoms with Crippen LogP contribution in [0, 0.1) is 0 Å². The van der Waals surface area contributed by atoms with Gasteiger partial charge in [0.25, 0.3) is 0 Å². The molecule has 2 rings (SSSR count). The van der Waals surface area contributed by atoms with Gasteiger partial charge in [0, 0.05) is 10.6 Å². The van der Waals surface area contributed by atoms with Gasteiger partial charge < -0.3 is 15.9 Å². The first-order chi connectivity index (χ1) is 9.47. The van der Waals surface area contributed by atoms with Gasteiger partial charge in [-0.25, -0.2) is 0 Å². The van der Waals surface area contributed by atoms with Crippen LogP contribution in [0.25, 0.3) is 11.1 Å². The molecule has 2 aromatic carbocycles. The predicted octanol–water partition coefficient (Wildman–Crippen LogP) is 2.67. The van der Waals surface area contributed by atoms with Gasteiger partial charge in [-0.1, -0.05) is 29.8 Å². The van der Waals surface area contributed by atoms with Crippen molar-refractivity contribution in [3.63, 3.8) is 0 Å². The Labute approximate surface area is 121 Å². The number of aromatic hydroxyl groups is 1. The third-order valence-electron chi connectivity index (χ3n) is 2.98. The molecule has 20 heavy (non-hydrogen) atoms. The summed E-state index contributed by atoms with van der Waals surface area (Å²) in [6.45, 7) is 0. The number of hydrogen-bond donors (Lipinski definition) is 3. The lowest BCUT2D eigenvalue weighted by atomic mass is 9.99. The summed E-state index contributed by atoms with van der Waals surface area (Å²) in [5, 5.41) is 18.7. The molecule has 104 valence electrons. The zero-order chi connectivity index (χ0) is 14.7. The highest BCUT2D eigenvalue weighted by Gasteiger charge is 2.13. The van der Waals surface area contributed by atoms with Crippen molar-refractivity contribution in [3.05, 3.63) is 53.1 Å². The van der Waals surface area contributed by atoms with Gasteiger partial charge in [0.1, 0.15) is 11.8 Å². The lowest BCUT2D eigenvalue weighted by Crippen LogP contribution is -2.32. The van der Waals surface area contributed by atoms with E-state index < -0.39 is 12.0 Å². The zero-order valence-electron chi connectivity index (χ0n) is 10.6. The van der Waals surface area contributed by atoms with Crippen molar-refractivity contribution >= 4 is 17.6 Å². The Kier molecular flexibility index (Phi) is 4.27. The molecule has 0 saturated heterocycles. The number of carboxylic acids is 1. The van der Waals surface area contributed by atoms with Gasteiger partial charge in [0.2, 0.25) is 0 Å². The number of aliphatic carboxylic acids is 1. The topological polar surface area (TPSA) is 83.5 Å². The molecule has 4 N–H and O–H groups in total. The molecule has 0 saturated carbocycles. The number of rotatable bonds is 4. The minimum Gasteiger partial charge on any atom is -0.508 e. The number of hydrogen-bond acceptors (Lipinski definition) is 3. The first kappa shape index (κ1) is 14.4. The van der Waals surface area contributed by atoms with Crippen LogP contribution in [0.5, 0.6) is 5.75 Å². The van der Waals surface area contributed by atoms with Crippen LogP contribution >= 0.6 is 11.6 Å². The fourth-order valence-corrected chi connectivity index (χ4v) is 2.13. The fraction of sp³-hybridized carbons (Fsp3) is 0.133. The maximum Gasteiger partial charge on any atom is 0.320 e. The molecule has 0 bridgehead atoms. The van der Waals surface area contributed by atoms with Crippen molar-refractivity contribution in [1.82, 2.24) is 0 Å². The van der Waals surface area contributed by atoms with Crippen LogP contribution in [0.4, 0.5) is 0 Å². The number of carboxylic acid groups (broad SMARTS) is 1. The molecule has 0 amide bonds. The van der Waals surface area contributed by atoms with Gasteiger partial charge in [-0.05, 0) is 41.8 Å². The van der Waals surface area contributed by atoms with Crippen molar-refractivity contribution in [2.75, 3.05) is 0 Å². The molecule has 0 aliphatic carbocycles. The third-order valence-corrected chi connectivity index (χ3v) is 3.31. The third kappa shape index (κ3) is 3.29. The Bertz CT molecular complexity index is 626. The molecule has 0 aromatic heterocycles. The minimum atomic E-state index is -1.04. The highest BCUT2D eigenvalue weighted by Crippen LogP contribution is 2.30. The van der Waals surface area contributed by atoms with E-state index in [4.69, 9.17) is 22.4 Å². The Morgan fingerprint density at radius 1 is 1.20 bits per heavy atom. The van der Waals surface area contributed by atoms with Crippen molar-refractivity contribution in [1.29, 1.82) is 0 Å². The molecule has 0 radical (unpaired) electrons. The highest BCUT2D eigenvalue weighted by atomic mass is 35.5. The molecule has 5 heteroatoms. The van der Waals surface area contributed by atoms with E-state index in [1.165, 1.54) is 0 Å². The standard InChI is InChI=1S/C15H14ClNO3/c16-13-6-1-9(8-14(17)15(19)20)7-12(13)10-2-4-11(18)5-3-10/h1-7,14,18H,8,17H2,(H,19,20). The average molecular weight is 292 g/mol. The summed E-state index contributed by atoms with van der Waals surface area (Å²) in [7, 11) is 0. The van der Waals surface area contributed by atoms with Crippen LogP contribution in [-0.4, -0.2) is 22.2 Å². The number of benzene rings is 2. The second kappa shape index (κ2) is 5.94. The Balaban J connectivity index is 2.34. The Morgan fingerprint density at radius 2 is 1.85 bits per heavy atom. The SMILES string of the molecule is NC(Cc1ccc(Cl)c(-c2ccc(O)cc2)c1)C(=O)O. The number of nitrogens with two attached hydrogens (primary N) is 1. The molecule has 2 aromatic rings. The average Bonchev–Trinajstić information content (AvgIpc) is 2.42. The van der Waals surface area contributed by atoms with Crippen molar-refractivity contribution in [2.24, 2.45) is 5.73 Å². The van der Waals surface area contributed by atoms with Gasteiger partial charge in [0.05, 0.1) is 0 Å². The van der Waals surface area contributed by atoms with E-state index >= 15 is 0 Å². The van der Waals surface area contributed by atoms with Crippen LogP contribution in [0.2, 0.25) is 5.02 Å². The van der Waals surface area contributed by atoms with Crippen LogP contribution < -0.4 is 5.73 Å². The van der Waals surface area contributed by atoms with Crippen LogP contribution in [0.1, 0.15) is 5.56 Å². The lowest BCUT2D eigenvalue weighted by Gasteiger charge is -2.10. The molecule has 1 unspecified atom stereocenters. The summed E-state index contributed by atoms with van der Waals surface area (Å²) in [6, 6.07) is 11.0. The fourth-order valence-electron chi connectivity index (χ4n) is 1.90. The van der Waals surface area contributed by atoms with Gasteiger partial charge in [0.15, 0.2) is 0 Å². The lowest BCUT2D eigenvalue weighted by molar-refractivity contribution is -0.138. The summed E-state index contributed by atoms with van der Waals surface area (Å²) in [6.07, 6.45) is 0.234. The highest BCUT2D eigenvalue weighted by molar-refractivity contribution is 6.33. The van der Waals surface area contributed by atoms with Crippen LogP contribution in [-0.2, 0) is 11.2 Å². The summed E-state index contributed by atoms with van der Waals surface area (Å²) in [5.41, 5.74) is 7.95. The summed E-state index contributed by atoms with van der Waals surface area (Å²) in [5.74, 6) is -0.861. The number of halogens is 1. The molecule has 0 spiro atoms. The molecule has 0 heterocycles. The molecular formula is C15H14ClNO3. The summed E-state index contributed by atoms with van der Waals surface area (Å²) >= 11 is 6.16. The monoisotopic (exact) mass is 291 g/mol. The zero-order valence-corrected chi connectivity index (χ0v) is 11.3. The van der Waals surface area contributed by atoms with E-state index in [-0.39, 0.29) is 12.2 Å². The minimum absolute atomic E-state index is 0.175. The number of carbonyl (C=O) groups is 1. The molecule has 1 atom stereocenters. The molecule has 4 nitrogen and oxygen atoms in total. The first-order valence-corrected chi connectivity index (χ1v) is 6.41. The van der Waals surface area contributed by atoms with Crippen molar-refractivity contribution in [3.8, 4) is 16.9 Å². The van der Waals surface area contributed by atoms with E-state index in [9.17, 15) is 9.90 Å². The number of phenols is 1. The van der Waals surface area contributed by atoms with E-state index in [0.29, 0.717) is 5.02 Å². The normalized spacial score (nSPS) is 12.1. The van der Waals surface area contributed by atoms with Crippen LogP contribution in [0.3, 0.4) is 0 Å². The Hall–Kier alpha value is -2.04. The van der Waals surface area contributed by atoms with E-state index in [1.807, 2.05) is 6.07 Å². The summed E-state index contributed by atoms with van der Waals surface area (Å²) in [4.78, 5) is 10.8.